The lowest BCUT2D eigenvalue weighted by Crippen LogP contribution is -2.22. The van der Waals surface area contributed by atoms with Gasteiger partial charge in [-0.1, -0.05) is 27.5 Å². The summed E-state index contributed by atoms with van der Waals surface area (Å²) in [7, 11) is 0. The molecule has 0 aliphatic heterocycles. The third-order valence-corrected chi connectivity index (χ3v) is 3.25. The Labute approximate surface area is 129 Å². The van der Waals surface area contributed by atoms with Gasteiger partial charge < -0.3 is 10.6 Å². The van der Waals surface area contributed by atoms with E-state index in [1.807, 2.05) is 0 Å². The molecule has 0 fully saturated rings. The Hall–Kier alpha value is -1.59. The molecule has 6 heteroatoms. The van der Waals surface area contributed by atoms with E-state index in [0.29, 0.717) is 9.50 Å². The van der Waals surface area contributed by atoms with E-state index in [4.69, 9.17) is 11.6 Å². The summed E-state index contributed by atoms with van der Waals surface area (Å²) in [5.74, 6) is -0.819. The van der Waals surface area contributed by atoms with E-state index >= 15 is 0 Å². The molecule has 104 valence electrons. The number of hydrogen-bond donors (Lipinski definition) is 2. The first-order valence-corrected chi connectivity index (χ1v) is 6.96. The lowest BCUT2D eigenvalue weighted by molar-refractivity contribution is -0.114. The average molecular weight is 358 g/mol. The van der Waals surface area contributed by atoms with E-state index in [9.17, 15) is 9.18 Å². The van der Waals surface area contributed by atoms with Gasteiger partial charge in [-0.3, -0.25) is 4.79 Å². The number of amides is 1. The summed E-state index contributed by atoms with van der Waals surface area (Å²) in [4.78, 5) is 11.7. The zero-order valence-electron chi connectivity index (χ0n) is 10.3. The lowest BCUT2D eigenvalue weighted by Gasteiger charge is -2.08. The Morgan fingerprint density at radius 3 is 2.55 bits per heavy atom. The molecule has 3 nitrogen and oxygen atoms in total. The first-order valence-electron chi connectivity index (χ1n) is 5.79. The van der Waals surface area contributed by atoms with E-state index in [0.717, 1.165) is 5.69 Å². The SMILES string of the molecule is O=C(CNc1ccc(Cl)cc1)Nc1ccc(Br)cc1F. The van der Waals surface area contributed by atoms with Crippen molar-refractivity contribution in [3.63, 3.8) is 0 Å². The van der Waals surface area contributed by atoms with Gasteiger partial charge in [0.15, 0.2) is 0 Å². The van der Waals surface area contributed by atoms with Crippen molar-refractivity contribution < 1.29 is 9.18 Å². The smallest absolute Gasteiger partial charge is 0.243 e. The van der Waals surface area contributed by atoms with Gasteiger partial charge in [0.25, 0.3) is 0 Å². The molecule has 0 saturated heterocycles. The monoisotopic (exact) mass is 356 g/mol. The summed E-state index contributed by atoms with van der Waals surface area (Å²) < 4.78 is 14.2. The predicted octanol–water partition coefficient (Wildman–Crippen LogP) is 4.29. The molecule has 0 aliphatic carbocycles. The number of hydrogen-bond acceptors (Lipinski definition) is 2. The number of halogens is 3. The van der Waals surface area contributed by atoms with Gasteiger partial charge in [-0.2, -0.15) is 0 Å². The maximum absolute atomic E-state index is 13.5. The van der Waals surface area contributed by atoms with Crippen LogP contribution < -0.4 is 10.6 Å². The number of carbonyl (C=O) groups is 1. The van der Waals surface area contributed by atoms with Gasteiger partial charge in [0.2, 0.25) is 5.91 Å². The van der Waals surface area contributed by atoms with Gasteiger partial charge in [-0.25, -0.2) is 4.39 Å². The molecule has 0 aromatic heterocycles. The second-order valence-corrected chi connectivity index (χ2v) is 5.38. The quantitative estimate of drug-likeness (QED) is 0.857. The van der Waals surface area contributed by atoms with Crippen LogP contribution in [0.25, 0.3) is 0 Å². The minimum absolute atomic E-state index is 0.0388. The van der Waals surface area contributed by atoms with E-state index in [1.54, 1.807) is 30.3 Å². The molecule has 0 radical (unpaired) electrons. The summed E-state index contributed by atoms with van der Waals surface area (Å²) in [6.45, 7) is 0.0388. The zero-order valence-corrected chi connectivity index (χ0v) is 12.6. The molecule has 0 bridgehead atoms. The molecular weight excluding hydrogens is 347 g/mol. The summed E-state index contributed by atoms with van der Waals surface area (Å²) >= 11 is 8.91. The zero-order chi connectivity index (χ0) is 14.5. The largest absolute Gasteiger partial charge is 0.376 e. The minimum Gasteiger partial charge on any atom is -0.376 e. The maximum Gasteiger partial charge on any atom is 0.243 e. The fourth-order valence-electron chi connectivity index (χ4n) is 1.54. The molecule has 0 aliphatic rings. The van der Waals surface area contributed by atoms with Gasteiger partial charge in [-0.05, 0) is 42.5 Å². The van der Waals surface area contributed by atoms with Crippen LogP contribution in [-0.2, 0) is 4.79 Å². The molecule has 2 aromatic carbocycles. The highest BCUT2D eigenvalue weighted by Gasteiger charge is 2.07. The summed E-state index contributed by atoms with van der Waals surface area (Å²) in [5, 5.41) is 6.04. The molecule has 0 atom stereocenters. The van der Waals surface area contributed by atoms with Crippen LogP contribution in [0.5, 0.6) is 0 Å². The summed E-state index contributed by atoms with van der Waals surface area (Å²) in [6.07, 6.45) is 0. The molecule has 1 amide bonds. The van der Waals surface area contributed by atoms with Crippen molar-refractivity contribution in [2.24, 2.45) is 0 Å². The fraction of sp³-hybridized carbons (Fsp3) is 0.0714. The van der Waals surface area contributed by atoms with E-state index in [1.165, 1.54) is 12.1 Å². The van der Waals surface area contributed by atoms with Crippen LogP contribution in [0.2, 0.25) is 5.02 Å². The number of nitrogens with one attached hydrogen (secondary N) is 2. The fourth-order valence-corrected chi connectivity index (χ4v) is 1.99. The van der Waals surface area contributed by atoms with Gasteiger partial charge >= 0.3 is 0 Å². The Balaban J connectivity index is 1.90. The first-order chi connectivity index (χ1) is 9.54. The normalized spacial score (nSPS) is 10.2. The van der Waals surface area contributed by atoms with Gasteiger partial charge in [-0.15, -0.1) is 0 Å². The van der Waals surface area contributed by atoms with Crippen molar-refractivity contribution in [3.8, 4) is 0 Å². The molecule has 20 heavy (non-hydrogen) atoms. The second-order valence-electron chi connectivity index (χ2n) is 4.03. The molecule has 2 aromatic rings. The van der Waals surface area contributed by atoms with Crippen LogP contribution in [0.1, 0.15) is 0 Å². The van der Waals surface area contributed by atoms with Crippen molar-refractivity contribution in [2.45, 2.75) is 0 Å². The highest BCUT2D eigenvalue weighted by Crippen LogP contribution is 2.19. The summed E-state index contributed by atoms with van der Waals surface area (Å²) in [5.41, 5.74) is 0.914. The molecular formula is C14H11BrClFN2O. The number of carbonyl (C=O) groups excluding carboxylic acids is 1. The second kappa shape index (κ2) is 6.72. The summed E-state index contributed by atoms with van der Waals surface area (Å²) in [6, 6.07) is 11.4. The van der Waals surface area contributed by atoms with Crippen LogP contribution in [0, 0.1) is 5.82 Å². The van der Waals surface area contributed by atoms with Crippen molar-refractivity contribution in [1.82, 2.24) is 0 Å². The van der Waals surface area contributed by atoms with Crippen LogP contribution in [0.15, 0.2) is 46.9 Å². The predicted molar refractivity (Wildman–Crippen MR) is 82.7 cm³/mol. The van der Waals surface area contributed by atoms with Crippen molar-refractivity contribution in [3.05, 3.63) is 57.8 Å². The Kier molecular flexibility index (Phi) is 4.98. The highest BCUT2D eigenvalue weighted by molar-refractivity contribution is 9.10. The molecule has 0 saturated carbocycles. The van der Waals surface area contributed by atoms with Crippen molar-refractivity contribution in [1.29, 1.82) is 0 Å². The van der Waals surface area contributed by atoms with Crippen LogP contribution in [-0.4, -0.2) is 12.5 Å². The molecule has 0 spiro atoms. The Morgan fingerprint density at radius 2 is 1.90 bits per heavy atom. The van der Waals surface area contributed by atoms with Gasteiger partial charge in [0.05, 0.1) is 12.2 Å². The molecule has 0 heterocycles. The highest BCUT2D eigenvalue weighted by atomic mass is 79.9. The van der Waals surface area contributed by atoms with Crippen molar-refractivity contribution >= 4 is 44.8 Å². The molecule has 0 unspecified atom stereocenters. The van der Waals surface area contributed by atoms with Crippen molar-refractivity contribution in [2.75, 3.05) is 17.2 Å². The lowest BCUT2D eigenvalue weighted by atomic mass is 10.3. The number of benzene rings is 2. The minimum atomic E-state index is -0.487. The third kappa shape index (κ3) is 4.21. The van der Waals surface area contributed by atoms with E-state index < -0.39 is 5.82 Å². The first kappa shape index (κ1) is 14.8. The Morgan fingerprint density at radius 1 is 1.20 bits per heavy atom. The van der Waals surface area contributed by atoms with E-state index in [2.05, 4.69) is 26.6 Å². The van der Waals surface area contributed by atoms with E-state index in [-0.39, 0.29) is 18.1 Å². The average Bonchev–Trinajstić information content (AvgIpc) is 2.41. The van der Waals surface area contributed by atoms with Gasteiger partial charge in [0, 0.05) is 15.2 Å². The number of rotatable bonds is 4. The van der Waals surface area contributed by atoms with Gasteiger partial charge in [0.1, 0.15) is 5.82 Å². The molecule has 2 N–H and O–H groups in total. The Bertz CT molecular complexity index is 619. The topological polar surface area (TPSA) is 41.1 Å². The molecule has 2 rings (SSSR count). The number of anilines is 2. The van der Waals surface area contributed by atoms with Crippen LogP contribution in [0.4, 0.5) is 15.8 Å². The maximum atomic E-state index is 13.5. The standard InChI is InChI=1S/C14H11BrClFN2O/c15-9-1-6-13(12(17)7-9)19-14(20)8-18-11-4-2-10(16)3-5-11/h1-7,18H,8H2,(H,19,20). The van der Waals surface area contributed by atoms with Crippen LogP contribution in [0.3, 0.4) is 0 Å². The third-order valence-electron chi connectivity index (χ3n) is 2.50. The van der Waals surface area contributed by atoms with Crippen LogP contribution >= 0.6 is 27.5 Å².